The molecule has 0 N–H and O–H groups in total. The number of hydrogen-bond donors (Lipinski definition) is 0. The van der Waals surface area contributed by atoms with E-state index in [1.54, 1.807) is 0 Å². The van der Waals surface area contributed by atoms with Crippen LogP contribution >= 0.6 is 0 Å². The molecule has 4 unspecified atom stereocenters. The van der Waals surface area contributed by atoms with Gasteiger partial charge < -0.3 is 0 Å². The lowest BCUT2D eigenvalue weighted by Gasteiger charge is -2.57. The lowest BCUT2D eigenvalue weighted by molar-refractivity contribution is -0.0698. The number of rotatable bonds is 2. The first-order valence-corrected chi connectivity index (χ1v) is 10.0. The number of fused-ring (bicyclic) bond motifs is 5. The summed E-state index contributed by atoms with van der Waals surface area (Å²) in [5.74, 6) is 0.994. The summed E-state index contributed by atoms with van der Waals surface area (Å²) in [6, 6.07) is 5.39. The van der Waals surface area contributed by atoms with Crippen LogP contribution in [0.15, 0.2) is 0 Å². The van der Waals surface area contributed by atoms with Crippen LogP contribution in [0.25, 0.3) is 0 Å². The Labute approximate surface area is 138 Å². The normalized spacial score (nSPS) is 41.3. The molecule has 4 bridgehead atoms. The lowest BCUT2D eigenvalue weighted by atomic mass is 9.73. The minimum absolute atomic E-state index is 0.784. The molecule has 0 aromatic rings. The Morgan fingerprint density at radius 3 is 1.50 bits per heavy atom. The largest absolute Gasteiger partial charge is 0.295 e. The molecule has 6 rings (SSSR count). The Bertz CT molecular complexity index is 337. The molecule has 0 radical (unpaired) electrons. The van der Waals surface area contributed by atoms with Crippen molar-refractivity contribution in [2.75, 3.05) is 0 Å². The number of nitrogens with zero attached hydrogens (tertiary/aromatic N) is 2. The molecule has 0 aromatic carbocycles. The first-order chi connectivity index (χ1) is 10.5. The molecule has 4 saturated heterocycles. The fourth-order valence-corrected chi connectivity index (χ4v) is 5.88. The summed E-state index contributed by atoms with van der Waals surface area (Å²) in [7, 11) is 0. The zero-order chi connectivity index (χ0) is 15.9. The van der Waals surface area contributed by atoms with E-state index < -0.39 is 0 Å². The van der Waals surface area contributed by atoms with Crippen LogP contribution in [0.1, 0.15) is 86.0 Å². The highest BCUT2D eigenvalue weighted by Gasteiger charge is 2.44. The molecule has 4 atom stereocenters. The minimum atomic E-state index is 0.784. The zero-order valence-corrected chi connectivity index (χ0v) is 15.6. The van der Waals surface area contributed by atoms with Crippen LogP contribution in [0.5, 0.6) is 0 Å². The van der Waals surface area contributed by atoms with Crippen LogP contribution < -0.4 is 0 Å². The quantitative estimate of drug-likeness (QED) is 0.731. The molecule has 4 aliphatic heterocycles. The highest BCUT2D eigenvalue weighted by molar-refractivity contribution is 5.00. The first kappa shape index (κ1) is 16.8. The Kier molecular flexibility index (Phi) is 5.19. The second-order valence-electron chi connectivity index (χ2n) is 9.03. The topological polar surface area (TPSA) is 6.48 Å². The van der Waals surface area contributed by atoms with E-state index in [-0.39, 0.29) is 0 Å². The van der Waals surface area contributed by atoms with Gasteiger partial charge in [-0.05, 0) is 72.1 Å². The van der Waals surface area contributed by atoms with Crippen LogP contribution in [0.4, 0.5) is 0 Å². The number of piperidine rings is 1. The summed E-state index contributed by atoms with van der Waals surface area (Å²) in [5.41, 5.74) is 0. The van der Waals surface area contributed by atoms with E-state index in [1.165, 1.54) is 51.4 Å². The summed E-state index contributed by atoms with van der Waals surface area (Å²) >= 11 is 0. The molecule has 6 aliphatic rings. The van der Waals surface area contributed by atoms with Gasteiger partial charge in [0.1, 0.15) is 0 Å². The van der Waals surface area contributed by atoms with Crippen LogP contribution in [0, 0.1) is 5.92 Å². The molecule has 2 heteroatoms. The van der Waals surface area contributed by atoms with Crippen LogP contribution in [-0.2, 0) is 0 Å². The van der Waals surface area contributed by atoms with Crippen molar-refractivity contribution in [3.63, 3.8) is 0 Å². The van der Waals surface area contributed by atoms with Crippen molar-refractivity contribution in [1.29, 1.82) is 0 Å². The number of hydrogen-bond acceptors (Lipinski definition) is 2. The first-order valence-electron chi connectivity index (χ1n) is 10.0. The van der Waals surface area contributed by atoms with E-state index in [0.717, 1.165) is 42.2 Å². The predicted molar refractivity (Wildman–Crippen MR) is 95.2 cm³/mol. The van der Waals surface area contributed by atoms with E-state index in [4.69, 9.17) is 0 Å². The zero-order valence-electron chi connectivity index (χ0n) is 15.6. The molecule has 4 heterocycles. The fraction of sp³-hybridized carbons (Fsp3) is 1.00. The van der Waals surface area contributed by atoms with Gasteiger partial charge in [0.05, 0.1) is 0 Å². The van der Waals surface area contributed by atoms with Crippen LogP contribution in [0.2, 0.25) is 0 Å². The van der Waals surface area contributed by atoms with Crippen LogP contribution in [0.3, 0.4) is 0 Å². The molecule has 0 amide bonds. The van der Waals surface area contributed by atoms with Gasteiger partial charge in [-0.1, -0.05) is 19.8 Å². The van der Waals surface area contributed by atoms with E-state index in [1.807, 2.05) is 0 Å². The maximum absolute atomic E-state index is 2.73. The average Bonchev–Trinajstić information content (AvgIpc) is 2.72. The average molecular weight is 307 g/mol. The van der Waals surface area contributed by atoms with E-state index in [2.05, 4.69) is 44.4 Å². The van der Waals surface area contributed by atoms with Crippen molar-refractivity contribution in [2.24, 2.45) is 5.92 Å². The molecule has 2 nitrogen and oxygen atoms in total. The summed E-state index contributed by atoms with van der Waals surface area (Å²) in [5, 5.41) is 0. The Balaban J connectivity index is 0.000000131. The third-order valence-electron chi connectivity index (χ3n) is 6.64. The molecule has 2 saturated carbocycles. The molecular formula is C20H38N2. The van der Waals surface area contributed by atoms with Crippen molar-refractivity contribution in [3.8, 4) is 0 Å². The van der Waals surface area contributed by atoms with Gasteiger partial charge in [-0.25, -0.2) is 0 Å². The summed E-state index contributed by atoms with van der Waals surface area (Å²) in [6.45, 7) is 11.7. The van der Waals surface area contributed by atoms with Crippen molar-refractivity contribution < 1.29 is 0 Å². The molecule has 22 heavy (non-hydrogen) atoms. The predicted octanol–water partition coefficient (Wildman–Crippen LogP) is 4.68. The van der Waals surface area contributed by atoms with E-state index in [9.17, 15) is 0 Å². The second-order valence-corrected chi connectivity index (χ2v) is 9.03. The molecule has 0 aromatic heterocycles. The second kappa shape index (κ2) is 6.81. The van der Waals surface area contributed by atoms with Gasteiger partial charge in [-0.3, -0.25) is 9.80 Å². The molecule has 2 aliphatic carbocycles. The molecule has 128 valence electrons. The standard InChI is InChI=1S/2C10H19N/c1-7(2)11-9-4-8(3)5-10(11)6-9;1-8(2)11-9-5-3-4-6-10(11)7-9/h7-10H,4-6H2,1-3H3;8-10H,3-7H2,1-2H3. The van der Waals surface area contributed by atoms with Crippen molar-refractivity contribution >= 4 is 0 Å². The minimum Gasteiger partial charge on any atom is -0.295 e. The van der Waals surface area contributed by atoms with E-state index in [0.29, 0.717) is 0 Å². The Morgan fingerprint density at radius 1 is 0.636 bits per heavy atom. The maximum atomic E-state index is 2.73. The summed E-state index contributed by atoms with van der Waals surface area (Å²) in [6.07, 6.45) is 11.8. The van der Waals surface area contributed by atoms with Crippen molar-refractivity contribution in [3.05, 3.63) is 0 Å². The lowest BCUT2D eigenvalue weighted by Crippen LogP contribution is -2.62. The third kappa shape index (κ3) is 3.24. The highest BCUT2D eigenvalue weighted by atomic mass is 15.3. The van der Waals surface area contributed by atoms with Gasteiger partial charge in [0, 0.05) is 36.3 Å². The van der Waals surface area contributed by atoms with Gasteiger partial charge >= 0.3 is 0 Å². The summed E-state index contributed by atoms with van der Waals surface area (Å²) < 4.78 is 0. The fourth-order valence-electron chi connectivity index (χ4n) is 5.88. The highest BCUT2D eigenvalue weighted by Crippen LogP contribution is 2.42. The van der Waals surface area contributed by atoms with Gasteiger partial charge in [0.15, 0.2) is 0 Å². The van der Waals surface area contributed by atoms with Gasteiger partial charge in [0.25, 0.3) is 0 Å². The van der Waals surface area contributed by atoms with Crippen molar-refractivity contribution in [2.45, 2.75) is 122 Å². The van der Waals surface area contributed by atoms with E-state index >= 15 is 0 Å². The van der Waals surface area contributed by atoms with Crippen LogP contribution in [-0.4, -0.2) is 46.1 Å². The third-order valence-corrected chi connectivity index (χ3v) is 6.64. The van der Waals surface area contributed by atoms with Gasteiger partial charge in [-0.15, -0.1) is 0 Å². The van der Waals surface area contributed by atoms with Gasteiger partial charge in [-0.2, -0.15) is 0 Å². The monoisotopic (exact) mass is 306 g/mol. The smallest absolute Gasteiger partial charge is 0.0118 e. The maximum Gasteiger partial charge on any atom is 0.0118 e. The Hall–Kier alpha value is -0.0800. The van der Waals surface area contributed by atoms with Gasteiger partial charge in [0.2, 0.25) is 0 Å². The Morgan fingerprint density at radius 2 is 1.05 bits per heavy atom. The SMILES string of the molecule is CC(C)N1C2CCCCC1C2.CC1CC2CC(C1)N2C(C)C. The molecule has 6 fully saturated rings. The molecule has 0 spiro atoms. The van der Waals surface area contributed by atoms with Crippen molar-refractivity contribution in [1.82, 2.24) is 9.80 Å². The summed E-state index contributed by atoms with van der Waals surface area (Å²) in [4.78, 5) is 5.44. The molecular weight excluding hydrogens is 268 g/mol.